The fourth-order valence-electron chi connectivity index (χ4n) is 2.56. The van der Waals surface area contributed by atoms with Crippen LogP contribution in [0.3, 0.4) is 0 Å². The highest BCUT2D eigenvalue weighted by Crippen LogP contribution is 2.27. The van der Waals surface area contributed by atoms with Crippen LogP contribution in [0.4, 0.5) is 8.78 Å². The lowest BCUT2D eigenvalue weighted by molar-refractivity contribution is -0.121. The van der Waals surface area contributed by atoms with Crippen molar-refractivity contribution in [3.05, 3.63) is 35.4 Å². The molecule has 2 N–H and O–H groups in total. The number of rotatable bonds is 6. The summed E-state index contributed by atoms with van der Waals surface area (Å²) >= 11 is 0. The van der Waals surface area contributed by atoms with Crippen LogP contribution in [0, 0.1) is 0 Å². The number of hydrogen-bond acceptors (Lipinski definition) is 3. The van der Waals surface area contributed by atoms with Crippen LogP contribution in [0.15, 0.2) is 24.3 Å². The zero-order chi connectivity index (χ0) is 15.3. The summed E-state index contributed by atoms with van der Waals surface area (Å²) in [6, 6.07) is 7.84. The molecule has 21 heavy (non-hydrogen) atoms. The molecule has 116 valence electrons. The second-order valence-electron chi connectivity index (χ2n) is 5.70. The van der Waals surface area contributed by atoms with E-state index in [1.807, 2.05) is 29.2 Å². The number of nitrogens with two attached hydrogens (primary N) is 1. The van der Waals surface area contributed by atoms with Gasteiger partial charge in [0.15, 0.2) is 5.78 Å². The first-order chi connectivity index (χ1) is 9.98. The Kier molecular flexibility index (Phi) is 5.42. The van der Waals surface area contributed by atoms with E-state index in [1.54, 1.807) is 0 Å². The van der Waals surface area contributed by atoms with Crippen LogP contribution in [0.1, 0.15) is 24.0 Å². The van der Waals surface area contributed by atoms with Gasteiger partial charge in [-0.1, -0.05) is 24.3 Å². The summed E-state index contributed by atoms with van der Waals surface area (Å²) in [5.41, 5.74) is 7.61. The lowest BCUT2D eigenvalue weighted by Gasteiger charge is -2.31. The fraction of sp³-hybridized carbons (Fsp3) is 0.562. The summed E-state index contributed by atoms with van der Waals surface area (Å²) in [6.07, 6.45) is 0.897. The van der Waals surface area contributed by atoms with Crippen LogP contribution >= 0.6 is 0 Å². The molecule has 1 saturated heterocycles. The molecular formula is C16H22F2N2O. The van der Waals surface area contributed by atoms with Crippen molar-refractivity contribution < 1.29 is 13.6 Å². The number of nitrogens with zero attached hydrogens (tertiary/aromatic N) is 1. The fourth-order valence-corrected chi connectivity index (χ4v) is 2.56. The minimum absolute atomic E-state index is 0.0757. The molecule has 3 nitrogen and oxygen atoms in total. The SMILES string of the molecule is NCCc1ccc(CC(=O)CN2CCC(F)(F)CC2)cc1. The quantitative estimate of drug-likeness (QED) is 0.874. The van der Waals surface area contributed by atoms with Gasteiger partial charge >= 0.3 is 0 Å². The molecule has 0 saturated carbocycles. The Morgan fingerprint density at radius 3 is 2.29 bits per heavy atom. The van der Waals surface area contributed by atoms with Crippen molar-refractivity contribution in [3.63, 3.8) is 0 Å². The topological polar surface area (TPSA) is 46.3 Å². The maximum absolute atomic E-state index is 13.0. The predicted molar refractivity (Wildman–Crippen MR) is 78.5 cm³/mol. The van der Waals surface area contributed by atoms with Gasteiger partial charge in [-0.15, -0.1) is 0 Å². The Bertz CT molecular complexity index is 464. The predicted octanol–water partition coefficient (Wildman–Crippen LogP) is 2.03. The minimum atomic E-state index is -2.56. The van der Waals surface area contributed by atoms with Crippen molar-refractivity contribution in [3.8, 4) is 0 Å². The number of carbonyl (C=O) groups excluding carboxylic acids is 1. The van der Waals surface area contributed by atoms with Crippen molar-refractivity contribution in [2.75, 3.05) is 26.2 Å². The number of carbonyl (C=O) groups is 1. The van der Waals surface area contributed by atoms with Gasteiger partial charge < -0.3 is 5.73 Å². The van der Waals surface area contributed by atoms with Gasteiger partial charge in [0.05, 0.1) is 6.54 Å². The van der Waals surface area contributed by atoms with E-state index in [2.05, 4.69) is 0 Å². The average molecular weight is 296 g/mol. The second-order valence-corrected chi connectivity index (χ2v) is 5.70. The van der Waals surface area contributed by atoms with Gasteiger partial charge in [-0.2, -0.15) is 0 Å². The number of benzene rings is 1. The Hall–Kier alpha value is -1.33. The molecule has 0 unspecified atom stereocenters. The molecule has 1 aliphatic rings. The number of Topliss-reactive ketones (excluding diaryl/α,β-unsaturated/α-hetero) is 1. The number of halogens is 2. The first-order valence-electron chi connectivity index (χ1n) is 7.38. The normalized spacial score (nSPS) is 18.6. The van der Waals surface area contributed by atoms with Gasteiger partial charge in [0.25, 0.3) is 5.92 Å². The van der Waals surface area contributed by atoms with Crippen LogP contribution in [-0.2, 0) is 17.6 Å². The minimum Gasteiger partial charge on any atom is -0.330 e. The lowest BCUT2D eigenvalue weighted by atomic mass is 10.0. The van der Waals surface area contributed by atoms with Gasteiger partial charge in [-0.3, -0.25) is 9.69 Å². The molecule has 0 radical (unpaired) electrons. The van der Waals surface area contributed by atoms with E-state index in [4.69, 9.17) is 5.73 Å². The van der Waals surface area contributed by atoms with Gasteiger partial charge in [0.2, 0.25) is 0 Å². The first kappa shape index (κ1) is 16.0. The molecule has 0 atom stereocenters. The van der Waals surface area contributed by atoms with E-state index in [0.29, 0.717) is 26.1 Å². The van der Waals surface area contributed by atoms with E-state index >= 15 is 0 Å². The number of piperidine rings is 1. The monoisotopic (exact) mass is 296 g/mol. The van der Waals surface area contributed by atoms with Gasteiger partial charge in [0.1, 0.15) is 0 Å². The molecule has 0 amide bonds. The molecule has 5 heteroatoms. The van der Waals surface area contributed by atoms with Crippen molar-refractivity contribution in [2.24, 2.45) is 5.73 Å². The van der Waals surface area contributed by atoms with Crippen molar-refractivity contribution >= 4 is 5.78 Å². The van der Waals surface area contributed by atoms with E-state index in [-0.39, 0.29) is 25.2 Å². The lowest BCUT2D eigenvalue weighted by Crippen LogP contribution is -2.42. The zero-order valence-electron chi connectivity index (χ0n) is 12.2. The zero-order valence-corrected chi connectivity index (χ0v) is 12.2. The van der Waals surface area contributed by atoms with Crippen LogP contribution in [0.2, 0.25) is 0 Å². The second kappa shape index (κ2) is 7.09. The summed E-state index contributed by atoms with van der Waals surface area (Å²) in [6.45, 7) is 1.47. The Labute approximate surface area is 124 Å². The molecular weight excluding hydrogens is 274 g/mol. The molecule has 1 heterocycles. The van der Waals surface area contributed by atoms with Crippen LogP contribution in [-0.4, -0.2) is 42.8 Å². The van der Waals surface area contributed by atoms with Gasteiger partial charge in [-0.25, -0.2) is 8.78 Å². The van der Waals surface area contributed by atoms with Crippen LogP contribution in [0.5, 0.6) is 0 Å². The van der Waals surface area contributed by atoms with Crippen molar-refractivity contribution in [1.29, 1.82) is 0 Å². The average Bonchev–Trinajstić information content (AvgIpc) is 2.44. The third-order valence-electron chi connectivity index (χ3n) is 3.84. The standard InChI is InChI=1S/C16H22F2N2O/c17-16(18)6-9-20(10-7-16)12-15(21)11-14-3-1-13(2-4-14)5-8-19/h1-4H,5-12,19H2. The Morgan fingerprint density at radius 2 is 1.71 bits per heavy atom. The number of alkyl halides is 2. The largest absolute Gasteiger partial charge is 0.330 e. The molecule has 1 fully saturated rings. The summed E-state index contributed by atoms with van der Waals surface area (Å²) in [5.74, 6) is -2.48. The molecule has 0 aliphatic carbocycles. The van der Waals surface area contributed by atoms with E-state index < -0.39 is 5.92 Å². The molecule has 0 aromatic heterocycles. The van der Waals surface area contributed by atoms with Gasteiger partial charge in [-0.05, 0) is 24.1 Å². The third kappa shape index (κ3) is 5.17. The van der Waals surface area contributed by atoms with Gasteiger partial charge in [0, 0.05) is 32.4 Å². The van der Waals surface area contributed by atoms with Crippen LogP contribution < -0.4 is 5.73 Å². The number of ketones is 1. The Morgan fingerprint density at radius 1 is 1.14 bits per heavy atom. The molecule has 0 spiro atoms. The number of likely N-dealkylation sites (tertiary alicyclic amines) is 1. The maximum atomic E-state index is 13.0. The van der Waals surface area contributed by atoms with E-state index in [1.165, 1.54) is 0 Å². The molecule has 1 aliphatic heterocycles. The summed E-state index contributed by atoms with van der Waals surface area (Å²) in [4.78, 5) is 13.8. The number of hydrogen-bond donors (Lipinski definition) is 1. The first-order valence-corrected chi connectivity index (χ1v) is 7.38. The molecule has 1 aromatic carbocycles. The smallest absolute Gasteiger partial charge is 0.250 e. The van der Waals surface area contributed by atoms with E-state index in [9.17, 15) is 13.6 Å². The summed E-state index contributed by atoms with van der Waals surface area (Å²) in [5, 5.41) is 0. The molecule has 1 aromatic rings. The van der Waals surface area contributed by atoms with Crippen LogP contribution in [0.25, 0.3) is 0 Å². The van der Waals surface area contributed by atoms with Crippen molar-refractivity contribution in [2.45, 2.75) is 31.6 Å². The highest BCUT2D eigenvalue weighted by Gasteiger charge is 2.34. The highest BCUT2D eigenvalue weighted by atomic mass is 19.3. The summed E-state index contributed by atoms with van der Waals surface area (Å²) < 4.78 is 26.1. The maximum Gasteiger partial charge on any atom is 0.250 e. The highest BCUT2D eigenvalue weighted by molar-refractivity contribution is 5.82. The Balaban J connectivity index is 1.79. The summed E-state index contributed by atoms with van der Waals surface area (Å²) in [7, 11) is 0. The molecule has 2 rings (SSSR count). The van der Waals surface area contributed by atoms with E-state index in [0.717, 1.165) is 17.5 Å². The third-order valence-corrected chi connectivity index (χ3v) is 3.84. The molecule has 0 bridgehead atoms. The van der Waals surface area contributed by atoms with Crippen molar-refractivity contribution in [1.82, 2.24) is 4.90 Å².